The SMILES string of the molecule is COc1cc2c(cc1OC)CC(c1ccc(CN3C(=O)c4ccccc4C3=O)cc1)N=C2. The molecule has 0 aromatic heterocycles. The van der Waals surface area contributed by atoms with Gasteiger partial charge in [0.1, 0.15) is 0 Å². The van der Waals surface area contributed by atoms with Crippen LogP contribution in [-0.2, 0) is 13.0 Å². The van der Waals surface area contributed by atoms with Crippen molar-refractivity contribution in [2.75, 3.05) is 14.2 Å². The van der Waals surface area contributed by atoms with E-state index in [2.05, 4.69) is 0 Å². The number of methoxy groups -OCH3 is 2. The minimum absolute atomic E-state index is 0.00560. The Labute approximate surface area is 186 Å². The fourth-order valence-electron chi connectivity index (χ4n) is 4.28. The van der Waals surface area contributed by atoms with Crippen LogP contribution in [0.4, 0.5) is 0 Å². The summed E-state index contributed by atoms with van der Waals surface area (Å²) in [7, 11) is 3.25. The maximum Gasteiger partial charge on any atom is 0.261 e. The van der Waals surface area contributed by atoms with Crippen LogP contribution in [0.15, 0.2) is 65.7 Å². The number of aliphatic imine (C=N–C) groups is 1. The Morgan fingerprint density at radius 1 is 0.906 bits per heavy atom. The van der Waals surface area contributed by atoms with Gasteiger partial charge in [-0.25, -0.2) is 0 Å². The molecule has 2 aliphatic rings. The van der Waals surface area contributed by atoms with E-state index in [1.165, 1.54) is 4.90 Å². The number of hydrogen-bond acceptors (Lipinski definition) is 5. The molecule has 0 aliphatic carbocycles. The van der Waals surface area contributed by atoms with E-state index >= 15 is 0 Å². The molecular formula is C26H22N2O4. The average Bonchev–Trinajstić information content (AvgIpc) is 3.08. The van der Waals surface area contributed by atoms with E-state index in [1.807, 2.05) is 42.6 Å². The molecule has 1 atom stereocenters. The molecule has 0 bridgehead atoms. The third kappa shape index (κ3) is 3.34. The van der Waals surface area contributed by atoms with Crippen LogP contribution >= 0.6 is 0 Å². The molecular weight excluding hydrogens is 404 g/mol. The molecule has 2 heterocycles. The molecule has 0 saturated heterocycles. The normalized spacial score (nSPS) is 16.7. The predicted molar refractivity (Wildman–Crippen MR) is 121 cm³/mol. The molecule has 0 radical (unpaired) electrons. The second-order valence-electron chi connectivity index (χ2n) is 7.89. The molecule has 160 valence electrons. The Hall–Kier alpha value is -3.93. The number of rotatable bonds is 5. The van der Waals surface area contributed by atoms with Crippen LogP contribution in [-0.4, -0.2) is 37.1 Å². The molecule has 3 aromatic rings. The number of hydrogen-bond donors (Lipinski definition) is 0. The summed E-state index contributed by atoms with van der Waals surface area (Å²) in [5, 5.41) is 0. The summed E-state index contributed by atoms with van der Waals surface area (Å²) in [6, 6.07) is 18.8. The number of fused-ring (bicyclic) bond motifs is 2. The summed E-state index contributed by atoms with van der Waals surface area (Å²) < 4.78 is 10.8. The standard InChI is InChI=1S/C26H22N2O4/c1-31-23-12-18-11-22(27-14-19(18)13-24(23)32-2)17-9-7-16(8-10-17)15-28-25(29)20-5-3-4-6-21(20)26(28)30/h3-10,12-14,22H,11,15H2,1-2H3. The molecule has 0 spiro atoms. The fourth-order valence-corrected chi connectivity index (χ4v) is 4.28. The van der Waals surface area contributed by atoms with Gasteiger partial charge in [0.15, 0.2) is 11.5 Å². The second kappa shape index (κ2) is 7.96. The highest BCUT2D eigenvalue weighted by Gasteiger charge is 2.35. The maximum absolute atomic E-state index is 12.6. The van der Waals surface area contributed by atoms with Crippen LogP contribution in [0.5, 0.6) is 11.5 Å². The first-order chi connectivity index (χ1) is 15.6. The van der Waals surface area contributed by atoms with Crippen molar-refractivity contribution in [2.24, 2.45) is 4.99 Å². The van der Waals surface area contributed by atoms with Gasteiger partial charge in [-0.1, -0.05) is 36.4 Å². The lowest BCUT2D eigenvalue weighted by Gasteiger charge is -2.21. The monoisotopic (exact) mass is 426 g/mol. The number of nitrogens with zero attached hydrogens (tertiary/aromatic N) is 2. The highest BCUT2D eigenvalue weighted by Crippen LogP contribution is 2.35. The first-order valence-electron chi connectivity index (χ1n) is 10.4. The van der Waals surface area contributed by atoms with E-state index in [0.29, 0.717) is 22.6 Å². The minimum atomic E-state index is -0.243. The molecule has 0 fully saturated rings. The van der Waals surface area contributed by atoms with E-state index in [0.717, 1.165) is 28.7 Å². The minimum Gasteiger partial charge on any atom is -0.493 e. The molecule has 3 aromatic carbocycles. The van der Waals surface area contributed by atoms with Crippen molar-refractivity contribution >= 4 is 18.0 Å². The van der Waals surface area contributed by atoms with Gasteiger partial charge < -0.3 is 9.47 Å². The Balaban J connectivity index is 1.32. The molecule has 6 heteroatoms. The number of carbonyl (C=O) groups is 2. The molecule has 1 unspecified atom stereocenters. The quantitative estimate of drug-likeness (QED) is 0.573. The van der Waals surface area contributed by atoms with Crippen LogP contribution in [0.2, 0.25) is 0 Å². The van der Waals surface area contributed by atoms with E-state index in [9.17, 15) is 9.59 Å². The number of imide groups is 1. The molecule has 32 heavy (non-hydrogen) atoms. The number of carbonyl (C=O) groups excluding carboxylic acids is 2. The van der Waals surface area contributed by atoms with Gasteiger partial charge in [0.05, 0.1) is 37.9 Å². The van der Waals surface area contributed by atoms with Crippen molar-refractivity contribution in [2.45, 2.75) is 19.0 Å². The van der Waals surface area contributed by atoms with Crippen LogP contribution in [0.25, 0.3) is 0 Å². The van der Waals surface area contributed by atoms with E-state index in [4.69, 9.17) is 14.5 Å². The Morgan fingerprint density at radius 2 is 1.53 bits per heavy atom. The van der Waals surface area contributed by atoms with Gasteiger partial charge >= 0.3 is 0 Å². The van der Waals surface area contributed by atoms with Gasteiger partial charge in [0.25, 0.3) is 11.8 Å². The number of amides is 2. The largest absolute Gasteiger partial charge is 0.493 e. The molecule has 6 nitrogen and oxygen atoms in total. The lowest BCUT2D eigenvalue weighted by molar-refractivity contribution is 0.0642. The number of ether oxygens (including phenoxy) is 2. The first-order valence-corrected chi connectivity index (χ1v) is 10.4. The summed E-state index contributed by atoms with van der Waals surface area (Å²) in [4.78, 5) is 31.2. The zero-order valence-corrected chi connectivity index (χ0v) is 17.9. The van der Waals surface area contributed by atoms with Crippen LogP contribution in [0, 0.1) is 0 Å². The summed E-state index contributed by atoms with van der Waals surface area (Å²) in [5.41, 5.74) is 5.09. The fraction of sp³-hybridized carbons (Fsp3) is 0.192. The van der Waals surface area contributed by atoms with Gasteiger partial charge in [-0.15, -0.1) is 0 Å². The van der Waals surface area contributed by atoms with Crippen molar-refractivity contribution in [3.05, 3.63) is 94.0 Å². The summed E-state index contributed by atoms with van der Waals surface area (Å²) in [6.45, 7) is 0.250. The maximum atomic E-state index is 12.6. The van der Waals surface area contributed by atoms with Crippen molar-refractivity contribution in [1.82, 2.24) is 4.90 Å². The van der Waals surface area contributed by atoms with Gasteiger partial charge in [0, 0.05) is 6.21 Å². The molecule has 0 saturated carbocycles. The zero-order chi connectivity index (χ0) is 22.2. The molecule has 0 N–H and O–H groups in total. The highest BCUT2D eigenvalue weighted by atomic mass is 16.5. The van der Waals surface area contributed by atoms with Gasteiger partial charge in [-0.3, -0.25) is 19.5 Å². The zero-order valence-electron chi connectivity index (χ0n) is 17.9. The average molecular weight is 426 g/mol. The van der Waals surface area contributed by atoms with Gasteiger partial charge in [-0.2, -0.15) is 0 Å². The van der Waals surface area contributed by atoms with Gasteiger partial charge in [-0.05, 0) is 52.9 Å². The Morgan fingerprint density at radius 3 is 2.16 bits per heavy atom. The lowest BCUT2D eigenvalue weighted by atomic mass is 9.93. The van der Waals surface area contributed by atoms with Crippen molar-refractivity contribution in [1.29, 1.82) is 0 Å². The lowest BCUT2D eigenvalue weighted by Crippen LogP contribution is -2.29. The molecule has 5 rings (SSSR count). The number of benzene rings is 3. The second-order valence-corrected chi connectivity index (χ2v) is 7.89. The van der Waals surface area contributed by atoms with E-state index in [1.54, 1.807) is 38.5 Å². The summed E-state index contributed by atoms with van der Waals surface area (Å²) >= 11 is 0. The topological polar surface area (TPSA) is 68.2 Å². The summed E-state index contributed by atoms with van der Waals surface area (Å²) in [6.07, 6.45) is 2.63. The predicted octanol–water partition coefficient (Wildman–Crippen LogP) is 4.22. The van der Waals surface area contributed by atoms with Crippen molar-refractivity contribution in [3.8, 4) is 11.5 Å². The highest BCUT2D eigenvalue weighted by molar-refractivity contribution is 6.21. The summed E-state index contributed by atoms with van der Waals surface area (Å²) in [5.74, 6) is 0.908. The Kier molecular flexibility index (Phi) is 4.98. The third-order valence-electron chi connectivity index (χ3n) is 6.04. The molecule has 2 amide bonds. The van der Waals surface area contributed by atoms with Gasteiger partial charge in [0.2, 0.25) is 0 Å². The van der Waals surface area contributed by atoms with Crippen LogP contribution in [0.1, 0.15) is 49.0 Å². The third-order valence-corrected chi connectivity index (χ3v) is 6.04. The van der Waals surface area contributed by atoms with E-state index in [-0.39, 0.29) is 24.4 Å². The van der Waals surface area contributed by atoms with Crippen molar-refractivity contribution in [3.63, 3.8) is 0 Å². The van der Waals surface area contributed by atoms with Crippen molar-refractivity contribution < 1.29 is 19.1 Å². The molecule has 2 aliphatic heterocycles. The first kappa shape index (κ1) is 20.0. The van der Waals surface area contributed by atoms with Crippen LogP contribution < -0.4 is 9.47 Å². The van der Waals surface area contributed by atoms with Crippen LogP contribution in [0.3, 0.4) is 0 Å². The smallest absolute Gasteiger partial charge is 0.261 e. The van der Waals surface area contributed by atoms with E-state index < -0.39 is 0 Å². The Bertz CT molecular complexity index is 1210.